The summed E-state index contributed by atoms with van der Waals surface area (Å²) in [6, 6.07) is 3.04. The number of benzene rings is 1. The van der Waals surface area contributed by atoms with Gasteiger partial charge < -0.3 is 4.90 Å². The second-order valence-corrected chi connectivity index (χ2v) is 4.85. The number of hydrogen-bond donors (Lipinski definition) is 0. The van der Waals surface area contributed by atoms with Crippen molar-refractivity contribution in [3.05, 3.63) is 51.5 Å². The maximum Gasteiger partial charge on any atom is 0.133 e. The Morgan fingerprint density at radius 1 is 1.31 bits per heavy atom. The molecule has 3 rings (SSSR count). The third-order valence-electron chi connectivity index (χ3n) is 2.62. The van der Waals surface area contributed by atoms with E-state index in [1.807, 2.05) is 24.4 Å². The van der Waals surface area contributed by atoms with Crippen molar-refractivity contribution in [3.8, 4) is 0 Å². The molecule has 0 fully saturated rings. The molecule has 0 spiro atoms. The smallest absolute Gasteiger partial charge is 0.133 e. The van der Waals surface area contributed by atoms with Gasteiger partial charge in [0, 0.05) is 15.3 Å². The van der Waals surface area contributed by atoms with Gasteiger partial charge in [0.05, 0.1) is 12.2 Å². The van der Waals surface area contributed by atoms with Gasteiger partial charge in [0.1, 0.15) is 11.7 Å². The lowest BCUT2D eigenvalue weighted by Gasteiger charge is -2.28. The molecule has 80 valence electrons. The summed E-state index contributed by atoms with van der Waals surface area (Å²) in [7, 11) is 0. The molecule has 0 N–H and O–H groups in total. The number of hydrogen-bond acceptors (Lipinski definition) is 2. The molecule has 1 aromatic rings. The highest BCUT2D eigenvalue weighted by Crippen LogP contribution is 2.32. The van der Waals surface area contributed by atoms with E-state index < -0.39 is 0 Å². The first-order valence-electron chi connectivity index (χ1n) is 4.92. The van der Waals surface area contributed by atoms with Crippen LogP contribution in [0.1, 0.15) is 5.56 Å². The van der Waals surface area contributed by atoms with Crippen LogP contribution in [0.4, 0.5) is 10.1 Å². The van der Waals surface area contributed by atoms with Crippen LogP contribution in [0.15, 0.2) is 41.6 Å². The zero-order valence-electron chi connectivity index (χ0n) is 8.32. The van der Waals surface area contributed by atoms with E-state index in [1.165, 1.54) is 6.07 Å². The van der Waals surface area contributed by atoms with Crippen LogP contribution in [0, 0.1) is 9.39 Å². The van der Waals surface area contributed by atoms with Crippen molar-refractivity contribution in [3.63, 3.8) is 0 Å². The number of rotatable bonds is 0. The average Bonchev–Trinajstić information content (AvgIpc) is 2.27. The third kappa shape index (κ3) is 1.57. The van der Waals surface area contributed by atoms with Crippen LogP contribution in [0.3, 0.4) is 0 Å². The lowest BCUT2D eigenvalue weighted by Crippen LogP contribution is -2.28. The summed E-state index contributed by atoms with van der Waals surface area (Å²) in [4.78, 5) is 6.51. The first-order chi connectivity index (χ1) is 7.74. The molecule has 16 heavy (non-hydrogen) atoms. The Kier molecular flexibility index (Phi) is 2.31. The standard InChI is InChI=1S/C12H8FIN2/c13-8-5-10(14)9-7-16-4-2-1-3-12(16)15-11(9)6-8/h1-6H,7H2. The Labute approximate surface area is 106 Å². The molecular formula is C12H8FIN2. The maximum absolute atomic E-state index is 13.3. The van der Waals surface area contributed by atoms with Crippen molar-refractivity contribution in [2.24, 2.45) is 4.99 Å². The number of halogens is 2. The Balaban J connectivity index is 2.17. The predicted octanol–water partition coefficient (Wildman–Crippen LogP) is 3.36. The summed E-state index contributed by atoms with van der Waals surface area (Å²) in [5, 5.41) is 0. The Morgan fingerprint density at radius 2 is 2.19 bits per heavy atom. The molecule has 0 radical (unpaired) electrons. The van der Waals surface area contributed by atoms with E-state index in [0.29, 0.717) is 0 Å². The van der Waals surface area contributed by atoms with Crippen molar-refractivity contribution in [2.45, 2.75) is 6.54 Å². The SMILES string of the molecule is Fc1cc(I)c2c(c1)N=C1C=CC=CN1C2. The third-order valence-corrected chi connectivity index (χ3v) is 3.58. The van der Waals surface area contributed by atoms with Gasteiger partial charge in [-0.2, -0.15) is 0 Å². The molecule has 2 heterocycles. The topological polar surface area (TPSA) is 15.6 Å². The largest absolute Gasteiger partial charge is 0.328 e. The second kappa shape index (κ2) is 3.69. The Hall–Kier alpha value is -1.17. The molecule has 0 aromatic heterocycles. The highest BCUT2D eigenvalue weighted by Gasteiger charge is 2.20. The van der Waals surface area contributed by atoms with Gasteiger partial charge in [0.15, 0.2) is 0 Å². The maximum atomic E-state index is 13.3. The van der Waals surface area contributed by atoms with E-state index >= 15 is 0 Å². The minimum atomic E-state index is -0.226. The van der Waals surface area contributed by atoms with Gasteiger partial charge in [-0.25, -0.2) is 9.38 Å². The minimum Gasteiger partial charge on any atom is -0.328 e. The summed E-state index contributed by atoms with van der Waals surface area (Å²) in [6.07, 6.45) is 7.83. The summed E-state index contributed by atoms with van der Waals surface area (Å²) < 4.78 is 14.2. The molecule has 0 saturated carbocycles. The van der Waals surface area contributed by atoms with Gasteiger partial charge >= 0.3 is 0 Å². The van der Waals surface area contributed by atoms with Crippen LogP contribution in [0.5, 0.6) is 0 Å². The van der Waals surface area contributed by atoms with E-state index in [-0.39, 0.29) is 5.82 Å². The average molecular weight is 326 g/mol. The van der Waals surface area contributed by atoms with Crippen LogP contribution in [0.25, 0.3) is 0 Å². The first kappa shape index (κ1) is 10.0. The lowest BCUT2D eigenvalue weighted by atomic mass is 10.1. The van der Waals surface area contributed by atoms with E-state index in [0.717, 1.165) is 27.2 Å². The Morgan fingerprint density at radius 3 is 3.06 bits per heavy atom. The number of nitrogens with zero attached hydrogens (tertiary/aromatic N) is 2. The summed E-state index contributed by atoms with van der Waals surface area (Å²) in [6.45, 7) is 0.757. The van der Waals surface area contributed by atoms with E-state index in [1.54, 1.807) is 6.07 Å². The molecule has 2 nitrogen and oxygen atoms in total. The van der Waals surface area contributed by atoms with Gasteiger partial charge in [-0.3, -0.25) is 0 Å². The quantitative estimate of drug-likeness (QED) is 0.668. The van der Waals surface area contributed by atoms with Crippen LogP contribution in [0.2, 0.25) is 0 Å². The van der Waals surface area contributed by atoms with Crippen LogP contribution < -0.4 is 0 Å². The van der Waals surface area contributed by atoms with Crippen molar-refractivity contribution in [2.75, 3.05) is 0 Å². The number of aliphatic imine (C=N–C) groups is 1. The summed E-state index contributed by atoms with van der Waals surface area (Å²) in [5.41, 5.74) is 1.83. The Bertz CT molecular complexity index is 546. The molecule has 0 saturated heterocycles. The fourth-order valence-corrected chi connectivity index (χ4v) is 2.59. The molecule has 4 heteroatoms. The fourth-order valence-electron chi connectivity index (χ4n) is 1.84. The molecule has 0 aliphatic carbocycles. The summed E-state index contributed by atoms with van der Waals surface area (Å²) in [5.74, 6) is 0.646. The van der Waals surface area contributed by atoms with Crippen molar-refractivity contribution < 1.29 is 4.39 Å². The molecule has 2 aliphatic rings. The van der Waals surface area contributed by atoms with Gasteiger partial charge in [-0.1, -0.05) is 6.08 Å². The van der Waals surface area contributed by atoms with Gasteiger partial charge in [-0.05, 0) is 46.9 Å². The molecule has 0 atom stereocenters. The molecule has 0 bridgehead atoms. The van der Waals surface area contributed by atoms with Gasteiger partial charge in [-0.15, -0.1) is 0 Å². The summed E-state index contributed by atoms with van der Waals surface area (Å²) >= 11 is 2.15. The molecule has 2 aliphatic heterocycles. The molecule has 1 aromatic carbocycles. The lowest BCUT2D eigenvalue weighted by molar-refractivity contribution is 0.540. The fraction of sp³-hybridized carbons (Fsp3) is 0.0833. The van der Waals surface area contributed by atoms with Crippen molar-refractivity contribution >= 4 is 34.1 Å². The van der Waals surface area contributed by atoms with E-state index in [2.05, 4.69) is 32.5 Å². The monoisotopic (exact) mass is 326 g/mol. The van der Waals surface area contributed by atoms with Crippen LogP contribution >= 0.6 is 22.6 Å². The minimum absolute atomic E-state index is 0.226. The highest BCUT2D eigenvalue weighted by atomic mass is 127. The van der Waals surface area contributed by atoms with Crippen molar-refractivity contribution in [1.29, 1.82) is 0 Å². The van der Waals surface area contributed by atoms with Crippen LogP contribution in [-0.4, -0.2) is 10.7 Å². The first-order valence-corrected chi connectivity index (χ1v) is 6.00. The normalized spacial score (nSPS) is 16.9. The van der Waals surface area contributed by atoms with E-state index in [9.17, 15) is 4.39 Å². The zero-order valence-corrected chi connectivity index (χ0v) is 10.5. The second-order valence-electron chi connectivity index (χ2n) is 3.68. The van der Waals surface area contributed by atoms with Crippen LogP contribution in [-0.2, 0) is 6.54 Å². The number of amidine groups is 1. The van der Waals surface area contributed by atoms with Crippen molar-refractivity contribution in [1.82, 2.24) is 4.90 Å². The van der Waals surface area contributed by atoms with Gasteiger partial charge in [0.25, 0.3) is 0 Å². The molecule has 0 amide bonds. The van der Waals surface area contributed by atoms with E-state index in [4.69, 9.17) is 0 Å². The molecule has 0 unspecified atom stereocenters. The number of allylic oxidation sites excluding steroid dienone is 2. The predicted molar refractivity (Wildman–Crippen MR) is 70.0 cm³/mol. The number of fused-ring (bicyclic) bond motifs is 2. The zero-order chi connectivity index (χ0) is 11.1. The highest BCUT2D eigenvalue weighted by molar-refractivity contribution is 14.1. The van der Waals surface area contributed by atoms with Gasteiger partial charge in [0.2, 0.25) is 0 Å². The molecular weight excluding hydrogens is 318 g/mol.